The first kappa shape index (κ1) is 35.7. The Morgan fingerprint density at radius 3 is 0.921 bits per heavy atom. The summed E-state index contributed by atoms with van der Waals surface area (Å²) in [6.45, 7) is 23.9. The van der Waals surface area contributed by atoms with E-state index < -0.39 is 11.6 Å². The lowest BCUT2D eigenvalue weighted by Gasteiger charge is -2.38. The highest BCUT2D eigenvalue weighted by molar-refractivity contribution is 4.75. The minimum atomic E-state index is -0.753. The smallest absolute Gasteiger partial charge is 0.228 e. The van der Waals surface area contributed by atoms with E-state index in [-0.39, 0.29) is 22.4 Å². The fourth-order valence-electron chi connectivity index (χ4n) is 3.44. The molecule has 2 aliphatic rings. The van der Waals surface area contributed by atoms with Crippen LogP contribution >= 0.6 is 0 Å². The van der Waals surface area contributed by atoms with Crippen LogP contribution in [0.4, 0.5) is 0 Å². The van der Waals surface area contributed by atoms with Crippen molar-refractivity contribution in [2.45, 2.75) is 194 Å². The van der Waals surface area contributed by atoms with Crippen LogP contribution in [0.3, 0.4) is 0 Å². The molecule has 0 unspecified atom stereocenters. The van der Waals surface area contributed by atoms with Gasteiger partial charge in [-0.1, -0.05) is 26.7 Å². The highest BCUT2D eigenvalue weighted by Gasteiger charge is 2.41. The van der Waals surface area contributed by atoms with Gasteiger partial charge in [-0.15, -0.1) is 0 Å². The molecule has 0 amide bonds. The fraction of sp³-hybridized carbons (Fsp3) is 1.00. The van der Waals surface area contributed by atoms with Gasteiger partial charge in [0.05, 0.1) is 22.4 Å². The maximum Gasteiger partial charge on any atom is 0.234 e. The Kier molecular flexibility index (Phi) is 14.2. The van der Waals surface area contributed by atoms with Crippen LogP contribution in [-0.4, -0.2) is 34.0 Å². The van der Waals surface area contributed by atoms with Crippen LogP contribution in [-0.2, 0) is 39.1 Å². The lowest BCUT2D eigenvalue weighted by atomic mass is 9.94. The zero-order valence-corrected chi connectivity index (χ0v) is 26.8. The third-order valence-electron chi connectivity index (χ3n) is 6.66. The zero-order chi connectivity index (χ0) is 29.1. The molecular weight excluding hydrogens is 488 g/mol. The summed E-state index contributed by atoms with van der Waals surface area (Å²) in [4.78, 5) is 44.7. The summed E-state index contributed by atoms with van der Waals surface area (Å²) in [7, 11) is 0. The molecule has 0 heterocycles. The van der Waals surface area contributed by atoms with Crippen molar-refractivity contribution in [2.24, 2.45) is 0 Å². The molecule has 0 atom stereocenters. The maximum atomic E-state index is 5.72. The van der Waals surface area contributed by atoms with Gasteiger partial charge in [0.25, 0.3) is 0 Å². The molecule has 2 rings (SSSR count). The summed E-state index contributed by atoms with van der Waals surface area (Å²) >= 11 is 0. The standard InChI is InChI=1S/C16H32O4.C14H28O4/c1-7-14(3,4)17-19-16(12-10-9-11-13-16)20-18-15(5,6)8-2;1-12(2,3)15-17-14(10-8-7-9-11-14)18-16-13(4,5)6/h7-13H2,1-6H3;7-11H2,1-6H3. The van der Waals surface area contributed by atoms with E-state index in [1.165, 1.54) is 12.8 Å². The molecule has 0 saturated heterocycles. The molecule has 0 bridgehead atoms. The minimum absolute atomic E-state index is 0.311. The number of hydrogen-bond donors (Lipinski definition) is 0. The number of rotatable bonds is 12. The van der Waals surface area contributed by atoms with Crippen LogP contribution in [0.2, 0.25) is 0 Å². The third-order valence-corrected chi connectivity index (χ3v) is 6.66. The minimum Gasteiger partial charge on any atom is -0.228 e. The van der Waals surface area contributed by atoms with E-state index in [0.717, 1.165) is 64.2 Å². The van der Waals surface area contributed by atoms with Gasteiger partial charge in [0.1, 0.15) is 0 Å². The Hall–Kier alpha value is -0.320. The van der Waals surface area contributed by atoms with Crippen molar-refractivity contribution in [2.75, 3.05) is 0 Å². The van der Waals surface area contributed by atoms with Crippen LogP contribution in [0.5, 0.6) is 0 Å². The van der Waals surface area contributed by atoms with Crippen LogP contribution in [0.1, 0.15) is 160 Å². The summed E-state index contributed by atoms with van der Waals surface area (Å²) in [5, 5.41) is 0. The summed E-state index contributed by atoms with van der Waals surface area (Å²) < 4.78 is 0. The van der Waals surface area contributed by atoms with Gasteiger partial charge >= 0.3 is 0 Å². The summed E-state index contributed by atoms with van der Waals surface area (Å²) in [5.41, 5.74) is -1.33. The third kappa shape index (κ3) is 14.9. The average Bonchev–Trinajstić information content (AvgIpc) is 2.85. The molecule has 0 aromatic carbocycles. The molecule has 2 saturated carbocycles. The van der Waals surface area contributed by atoms with E-state index >= 15 is 0 Å². The molecule has 8 heteroatoms. The van der Waals surface area contributed by atoms with Crippen molar-refractivity contribution in [3.8, 4) is 0 Å². The first-order valence-electron chi connectivity index (χ1n) is 14.8. The molecule has 2 aliphatic carbocycles. The van der Waals surface area contributed by atoms with Gasteiger partial charge in [-0.2, -0.15) is 19.6 Å². The topological polar surface area (TPSA) is 73.8 Å². The molecule has 0 N–H and O–H groups in total. The van der Waals surface area contributed by atoms with Crippen molar-refractivity contribution < 1.29 is 39.1 Å². The van der Waals surface area contributed by atoms with E-state index in [0.29, 0.717) is 0 Å². The van der Waals surface area contributed by atoms with Crippen molar-refractivity contribution >= 4 is 0 Å². The van der Waals surface area contributed by atoms with Crippen LogP contribution in [0, 0.1) is 0 Å². The monoisotopic (exact) mass is 548 g/mol. The van der Waals surface area contributed by atoms with E-state index in [1.54, 1.807) is 0 Å². The van der Waals surface area contributed by atoms with Crippen molar-refractivity contribution in [1.29, 1.82) is 0 Å². The highest BCUT2D eigenvalue weighted by atomic mass is 17.3. The average molecular weight is 549 g/mol. The summed E-state index contributed by atoms with van der Waals surface area (Å²) in [6, 6.07) is 0. The van der Waals surface area contributed by atoms with Crippen LogP contribution in [0.15, 0.2) is 0 Å². The molecule has 0 aliphatic heterocycles. The van der Waals surface area contributed by atoms with E-state index in [4.69, 9.17) is 39.1 Å². The molecule has 8 nitrogen and oxygen atoms in total. The normalized spacial score (nSPS) is 20.5. The van der Waals surface area contributed by atoms with Crippen LogP contribution in [0.25, 0.3) is 0 Å². The second-order valence-corrected chi connectivity index (χ2v) is 14.1. The van der Waals surface area contributed by atoms with Gasteiger partial charge in [-0.25, -0.2) is 19.6 Å². The second-order valence-electron chi connectivity index (χ2n) is 14.1. The van der Waals surface area contributed by atoms with E-state index in [2.05, 4.69) is 13.8 Å². The maximum absolute atomic E-state index is 5.72. The van der Waals surface area contributed by atoms with Gasteiger partial charge < -0.3 is 0 Å². The lowest BCUT2D eigenvalue weighted by Crippen LogP contribution is -2.43. The molecule has 2 fully saturated rings. The molecule has 228 valence electrons. The number of hydrogen-bond acceptors (Lipinski definition) is 8. The SMILES string of the molecule is CC(C)(C)OOC1(OOC(C)(C)C)CCCCC1.CCC(C)(C)OOC1(OOC(C)(C)CC)CCCCC1. The Labute approximate surface area is 233 Å². The highest BCUT2D eigenvalue weighted by Crippen LogP contribution is 2.37. The molecule has 0 radical (unpaired) electrons. The summed E-state index contributed by atoms with van der Waals surface area (Å²) in [5.74, 6) is -1.50. The zero-order valence-electron chi connectivity index (χ0n) is 26.8. The summed E-state index contributed by atoms with van der Waals surface area (Å²) in [6.07, 6.45) is 11.7. The van der Waals surface area contributed by atoms with Crippen molar-refractivity contribution in [1.82, 2.24) is 0 Å². The Morgan fingerprint density at radius 1 is 0.421 bits per heavy atom. The Morgan fingerprint density at radius 2 is 0.684 bits per heavy atom. The van der Waals surface area contributed by atoms with Gasteiger partial charge in [0.15, 0.2) is 0 Å². The lowest BCUT2D eigenvalue weighted by molar-refractivity contribution is -0.547. The molecular formula is C30H60O8. The van der Waals surface area contributed by atoms with Crippen molar-refractivity contribution in [3.63, 3.8) is 0 Å². The Balaban J connectivity index is 0.000000382. The van der Waals surface area contributed by atoms with E-state index in [1.807, 2.05) is 69.2 Å². The van der Waals surface area contributed by atoms with Gasteiger partial charge in [0.2, 0.25) is 11.6 Å². The second kappa shape index (κ2) is 15.1. The Bertz CT molecular complexity index is 594. The van der Waals surface area contributed by atoms with Gasteiger partial charge in [-0.3, -0.25) is 0 Å². The predicted molar refractivity (Wildman–Crippen MR) is 149 cm³/mol. The predicted octanol–water partition coefficient (Wildman–Crippen LogP) is 9.06. The van der Waals surface area contributed by atoms with Crippen LogP contribution < -0.4 is 0 Å². The van der Waals surface area contributed by atoms with Gasteiger partial charge in [0, 0.05) is 25.7 Å². The molecule has 38 heavy (non-hydrogen) atoms. The quantitative estimate of drug-likeness (QED) is 0.136. The largest absolute Gasteiger partial charge is 0.234 e. The van der Waals surface area contributed by atoms with E-state index in [9.17, 15) is 0 Å². The van der Waals surface area contributed by atoms with Crippen molar-refractivity contribution in [3.05, 3.63) is 0 Å². The molecule has 0 aromatic rings. The molecule has 0 spiro atoms. The first-order chi connectivity index (χ1) is 17.4. The first-order valence-corrected chi connectivity index (χ1v) is 14.8. The molecule has 0 aromatic heterocycles. The van der Waals surface area contributed by atoms with Gasteiger partial charge in [-0.05, 0) is 108 Å². The fourth-order valence-corrected chi connectivity index (χ4v) is 3.44.